The highest BCUT2D eigenvalue weighted by molar-refractivity contribution is 5.87. The highest BCUT2D eigenvalue weighted by Gasteiger charge is 2.26. The van der Waals surface area contributed by atoms with Gasteiger partial charge >= 0.3 is 0 Å². The van der Waals surface area contributed by atoms with Gasteiger partial charge in [0.25, 0.3) is 0 Å². The number of benzene rings is 2. The fourth-order valence-electron chi connectivity index (χ4n) is 4.08. The van der Waals surface area contributed by atoms with Crippen LogP contribution in [0.25, 0.3) is 10.8 Å². The summed E-state index contributed by atoms with van der Waals surface area (Å²) < 4.78 is 6.20. The molecule has 1 aliphatic rings. The van der Waals surface area contributed by atoms with E-state index in [1.165, 1.54) is 35.6 Å². The van der Waals surface area contributed by atoms with Crippen molar-refractivity contribution < 1.29 is 9.53 Å². The lowest BCUT2D eigenvalue weighted by molar-refractivity contribution is -0.126. The van der Waals surface area contributed by atoms with Crippen LogP contribution in [0.4, 0.5) is 0 Å². The second-order valence-electron chi connectivity index (χ2n) is 7.76. The number of carbonyl (C=O) groups is 1. The number of nitrogens with two attached hydrogens (primary N) is 1. The summed E-state index contributed by atoms with van der Waals surface area (Å²) in [4.78, 5) is 14.3. The highest BCUT2D eigenvalue weighted by atomic mass is 16.5. The number of rotatable bonds is 9. The lowest BCUT2D eigenvalue weighted by Crippen LogP contribution is -2.44. The van der Waals surface area contributed by atoms with Gasteiger partial charge in [-0.05, 0) is 42.6 Å². The monoisotopic (exact) mass is 383 g/mol. The molecule has 5 nitrogen and oxygen atoms in total. The van der Waals surface area contributed by atoms with Crippen molar-refractivity contribution in [3.8, 4) is 5.75 Å². The van der Waals surface area contributed by atoms with Crippen molar-refractivity contribution in [1.82, 2.24) is 10.3 Å². The fourth-order valence-corrected chi connectivity index (χ4v) is 4.08. The summed E-state index contributed by atoms with van der Waals surface area (Å²) in [5.41, 5.74) is 3.54. The minimum Gasteiger partial charge on any atom is -0.493 e. The molecule has 3 rings (SSSR count). The molecule has 152 valence electrons. The number of likely N-dealkylation sites (tertiary alicyclic amines) is 1. The number of hydrogen-bond acceptors (Lipinski definition) is 4. The molecule has 1 heterocycles. The van der Waals surface area contributed by atoms with Crippen molar-refractivity contribution in [2.45, 2.75) is 52.0 Å². The van der Waals surface area contributed by atoms with E-state index in [0.717, 1.165) is 51.3 Å². The van der Waals surface area contributed by atoms with Crippen LogP contribution in [0, 0.1) is 5.92 Å². The van der Waals surface area contributed by atoms with E-state index in [9.17, 15) is 4.79 Å². The van der Waals surface area contributed by atoms with Crippen molar-refractivity contribution in [3.63, 3.8) is 0 Å². The Morgan fingerprint density at radius 1 is 1.21 bits per heavy atom. The van der Waals surface area contributed by atoms with Crippen LogP contribution in [-0.2, 0) is 11.3 Å². The van der Waals surface area contributed by atoms with Crippen LogP contribution in [0.3, 0.4) is 0 Å². The summed E-state index contributed by atoms with van der Waals surface area (Å²) in [5, 5.41) is 2.46. The van der Waals surface area contributed by atoms with Gasteiger partial charge in [0.2, 0.25) is 5.91 Å². The molecule has 1 atom stereocenters. The van der Waals surface area contributed by atoms with E-state index in [1.54, 1.807) is 0 Å². The maximum atomic E-state index is 12.0. The summed E-state index contributed by atoms with van der Waals surface area (Å²) in [5.74, 6) is 6.23. The SMILES string of the molecule is CCCCCCOc1ccc2ccccc2c1CN1CCCC(C(=O)NN)C1. The predicted octanol–water partition coefficient (Wildman–Crippen LogP) is 4.00. The Kier molecular flexibility index (Phi) is 7.69. The van der Waals surface area contributed by atoms with Gasteiger partial charge in [-0.15, -0.1) is 0 Å². The molecule has 28 heavy (non-hydrogen) atoms. The van der Waals surface area contributed by atoms with Gasteiger partial charge in [0.1, 0.15) is 5.75 Å². The number of amides is 1. The van der Waals surface area contributed by atoms with Crippen molar-refractivity contribution in [2.75, 3.05) is 19.7 Å². The van der Waals surface area contributed by atoms with Gasteiger partial charge in [0.05, 0.1) is 12.5 Å². The molecule has 0 bridgehead atoms. The van der Waals surface area contributed by atoms with E-state index in [1.807, 2.05) is 0 Å². The first-order valence-corrected chi connectivity index (χ1v) is 10.6. The van der Waals surface area contributed by atoms with Crippen LogP contribution >= 0.6 is 0 Å². The van der Waals surface area contributed by atoms with Crippen LogP contribution in [0.5, 0.6) is 5.75 Å². The second kappa shape index (κ2) is 10.4. The molecule has 3 N–H and O–H groups in total. The molecule has 0 radical (unpaired) electrons. The zero-order chi connectivity index (χ0) is 19.8. The first kappa shape index (κ1) is 20.6. The first-order chi connectivity index (χ1) is 13.7. The zero-order valence-corrected chi connectivity index (χ0v) is 17.0. The molecule has 0 spiro atoms. The third kappa shape index (κ3) is 5.24. The van der Waals surface area contributed by atoms with Crippen LogP contribution in [-0.4, -0.2) is 30.5 Å². The standard InChI is InChI=1S/C23H33N3O2/c1-2-3-4-7-15-28-22-13-12-18-9-5-6-11-20(18)21(22)17-26-14-8-10-19(16-26)23(27)25-24/h5-6,9,11-13,19H,2-4,7-8,10,14-17,24H2,1H3,(H,25,27). The Labute approximate surface area is 168 Å². The first-order valence-electron chi connectivity index (χ1n) is 10.6. The maximum absolute atomic E-state index is 12.0. The van der Waals surface area contributed by atoms with Crippen molar-refractivity contribution in [2.24, 2.45) is 11.8 Å². The molecule has 1 aliphatic heterocycles. The van der Waals surface area contributed by atoms with Crippen LogP contribution in [0.15, 0.2) is 36.4 Å². The molecule has 1 fully saturated rings. The molecule has 1 unspecified atom stereocenters. The Morgan fingerprint density at radius 3 is 2.89 bits per heavy atom. The molecule has 0 saturated carbocycles. The van der Waals surface area contributed by atoms with E-state index in [-0.39, 0.29) is 11.8 Å². The third-order valence-corrected chi connectivity index (χ3v) is 5.65. The van der Waals surface area contributed by atoms with Gasteiger partial charge in [-0.3, -0.25) is 15.1 Å². The third-order valence-electron chi connectivity index (χ3n) is 5.65. The lowest BCUT2D eigenvalue weighted by Gasteiger charge is -2.32. The van der Waals surface area contributed by atoms with Gasteiger partial charge in [-0.1, -0.05) is 56.5 Å². The molecule has 1 saturated heterocycles. The summed E-state index contributed by atoms with van der Waals surface area (Å²) in [6.45, 7) is 5.50. The van der Waals surface area contributed by atoms with Gasteiger partial charge in [0, 0.05) is 18.7 Å². The maximum Gasteiger partial charge on any atom is 0.238 e. The number of carbonyl (C=O) groups excluding carboxylic acids is 1. The molecule has 2 aromatic rings. The number of hydrazine groups is 1. The number of ether oxygens (including phenoxy) is 1. The van der Waals surface area contributed by atoms with Crippen molar-refractivity contribution in [3.05, 3.63) is 42.0 Å². The average molecular weight is 384 g/mol. The summed E-state index contributed by atoms with van der Waals surface area (Å²) in [6.07, 6.45) is 6.69. The number of fused-ring (bicyclic) bond motifs is 1. The summed E-state index contributed by atoms with van der Waals surface area (Å²) in [7, 11) is 0. The van der Waals surface area contributed by atoms with E-state index >= 15 is 0 Å². The van der Waals surface area contributed by atoms with Crippen molar-refractivity contribution >= 4 is 16.7 Å². The average Bonchev–Trinajstić information content (AvgIpc) is 2.74. The van der Waals surface area contributed by atoms with Crippen LogP contribution < -0.4 is 16.0 Å². The largest absolute Gasteiger partial charge is 0.493 e. The topological polar surface area (TPSA) is 67.6 Å². The normalized spacial score (nSPS) is 17.6. The second-order valence-corrected chi connectivity index (χ2v) is 7.76. The van der Waals surface area contributed by atoms with Gasteiger partial charge in [-0.2, -0.15) is 0 Å². The smallest absolute Gasteiger partial charge is 0.238 e. The van der Waals surface area contributed by atoms with E-state index in [2.05, 4.69) is 53.6 Å². The quantitative estimate of drug-likeness (QED) is 0.297. The molecule has 5 heteroatoms. The molecule has 1 amide bonds. The molecular formula is C23H33N3O2. The minimum atomic E-state index is -0.0602. The Hall–Kier alpha value is -2.11. The number of piperidine rings is 1. The van der Waals surface area contributed by atoms with Crippen LogP contribution in [0.1, 0.15) is 51.0 Å². The number of nitrogens with one attached hydrogen (secondary N) is 1. The summed E-state index contributed by atoms with van der Waals surface area (Å²) in [6, 6.07) is 12.7. The molecule has 0 aromatic heterocycles. The summed E-state index contributed by atoms with van der Waals surface area (Å²) >= 11 is 0. The van der Waals surface area contributed by atoms with Crippen LogP contribution in [0.2, 0.25) is 0 Å². The minimum absolute atomic E-state index is 0.0351. The molecule has 0 aliphatic carbocycles. The van der Waals surface area contributed by atoms with E-state index in [4.69, 9.17) is 10.6 Å². The number of unbranched alkanes of at least 4 members (excludes halogenated alkanes) is 3. The lowest BCUT2D eigenvalue weighted by atomic mass is 9.96. The highest BCUT2D eigenvalue weighted by Crippen LogP contribution is 2.31. The molecule has 2 aromatic carbocycles. The predicted molar refractivity (Wildman–Crippen MR) is 114 cm³/mol. The van der Waals surface area contributed by atoms with Crippen molar-refractivity contribution in [1.29, 1.82) is 0 Å². The number of hydrogen-bond donors (Lipinski definition) is 2. The van der Waals surface area contributed by atoms with E-state index in [0.29, 0.717) is 0 Å². The Bertz CT molecular complexity index is 778. The fraction of sp³-hybridized carbons (Fsp3) is 0.522. The van der Waals surface area contributed by atoms with Gasteiger partial charge in [0.15, 0.2) is 0 Å². The van der Waals surface area contributed by atoms with E-state index < -0.39 is 0 Å². The molecular weight excluding hydrogens is 350 g/mol. The zero-order valence-electron chi connectivity index (χ0n) is 17.0. The Balaban J connectivity index is 1.77. The van der Waals surface area contributed by atoms with Gasteiger partial charge < -0.3 is 4.74 Å². The Morgan fingerprint density at radius 2 is 2.07 bits per heavy atom. The number of nitrogens with zero attached hydrogens (tertiary/aromatic N) is 1. The van der Waals surface area contributed by atoms with Gasteiger partial charge in [-0.25, -0.2) is 5.84 Å².